The van der Waals surface area contributed by atoms with Crippen LogP contribution in [0.2, 0.25) is 0 Å². The third-order valence-corrected chi connectivity index (χ3v) is 4.19. The lowest BCUT2D eigenvalue weighted by Crippen LogP contribution is -2.48. The number of tetrazole rings is 1. The second-order valence-electron chi connectivity index (χ2n) is 5.79. The maximum Gasteiger partial charge on any atom is 0.239 e. The Morgan fingerprint density at radius 2 is 1.80 bits per heavy atom. The van der Waals surface area contributed by atoms with Crippen molar-refractivity contribution in [3.05, 3.63) is 36.4 Å². The lowest BCUT2D eigenvalue weighted by molar-refractivity contribution is -0.129. The Balaban J connectivity index is 1.42. The standard InChI is InChI=1S/C16H17N7O2/c1-12(24)21-8-10-22(11-9-21)13-2-4-14(5-3-13)25-16-7-6-15-17-19-20-23(15)18-16/h2-7H,8-11H2,1H3. The molecule has 4 rings (SSSR count). The molecule has 3 aromatic rings. The smallest absolute Gasteiger partial charge is 0.239 e. The largest absolute Gasteiger partial charge is 0.438 e. The molecular weight excluding hydrogens is 322 g/mol. The Morgan fingerprint density at radius 1 is 1.04 bits per heavy atom. The summed E-state index contributed by atoms with van der Waals surface area (Å²) in [4.78, 5) is 15.5. The van der Waals surface area contributed by atoms with Crippen molar-refractivity contribution in [1.29, 1.82) is 0 Å². The number of hydrogen-bond donors (Lipinski definition) is 0. The molecule has 128 valence electrons. The Kier molecular flexibility index (Phi) is 3.88. The van der Waals surface area contributed by atoms with Crippen LogP contribution < -0.4 is 9.64 Å². The predicted octanol–water partition coefficient (Wildman–Crippen LogP) is 0.980. The van der Waals surface area contributed by atoms with Gasteiger partial charge in [0.25, 0.3) is 0 Å². The van der Waals surface area contributed by atoms with Crippen LogP contribution in [-0.2, 0) is 4.79 Å². The maximum absolute atomic E-state index is 11.4. The van der Waals surface area contributed by atoms with Crippen LogP contribution in [0.15, 0.2) is 36.4 Å². The first kappa shape index (κ1) is 15.3. The fourth-order valence-electron chi connectivity index (χ4n) is 2.81. The Labute approximate surface area is 143 Å². The molecule has 1 aliphatic heterocycles. The predicted molar refractivity (Wildman–Crippen MR) is 89.6 cm³/mol. The van der Waals surface area contributed by atoms with Crippen molar-refractivity contribution in [1.82, 2.24) is 30.2 Å². The molecule has 2 aromatic heterocycles. The summed E-state index contributed by atoms with van der Waals surface area (Å²) in [6, 6.07) is 11.3. The van der Waals surface area contributed by atoms with Gasteiger partial charge in [0.1, 0.15) is 5.75 Å². The van der Waals surface area contributed by atoms with E-state index in [0.717, 1.165) is 31.9 Å². The monoisotopic (exact) mass is 339 g/mol. The number of rotatable bonds is 3. The van der Waals surface area contributed by atoms with Gasteiger partial charge in [0.05, 0.1) is 0 Å². The molecule has 0 aliphatic carbocycles. The quantitative estimate of drug-likeness (QED) is 0.703. The third-order valence-electron chi connectivity index (χ3n) is 4.19. The van der Waals surface area contributed by atoms with Crippen LogP contribution in [0.1, 0.15) is 6.92 Å². The van der Waals surface area contributed by atoms with E-state index in [9.17, 15) is 4.79 Å². The maximum atomic E-state index is 11.4. The minimum Gasteiger partial charge on any atom is -0.438 e. The van der Waals surface area contributed by atoms with Crippen molar-refractivity contribution < 1.29 is 9.53 Å². The van der Waals surface area contributed by atoms with Gasteiger partial charge in [-0.2, -0.15) is 0 Å². The van der Waals surface area contributed by atoms with Gasteiger partial charge >= 0.3 is 0 Å². The number of piperazine rings is 1. The van der Waals surface area contributed by atoms with Crippen LogP contribution in [0.4, 0.5) is 5.69 Å². The minimum atomic E-state index is 0.135. The van der Waals surface area contributed by atoms with E-state index in [2.05, 4.69) is 25.5 Å². The molecule has 9 heteroatoms. The number of aromatic nitrogens is 5. The van der Waals surface area contributed by atoms with Gasteiger partial charge in [-0.05, 0) is 40.8 Å². The van der Waals surface area contributed by atoms with Gasteiger partial charge in [0, 0.05) is 44.9 Å². The Morgan fingerprint density at radius 3 is 2.52 bits per heavy atom. The molecule has 0 spiro atoms. The minimum absolute atomic E-state index is 0.135. The summed E-state index contributed by atoms with van der Waals surface area (Å²) < 4.78 is 7.07. The van der Waals surface area contributed by atoms with Crippen molar-refractivity contribution in [2.24, 2.45) is 0 Å². The van der Waals surface area contributed by atoms with Gasteiger partial charge in [0.15, 0.2) is 5.65 Å². The number of benzene rings is 1. The highest BCUT2D eigenvalue weighted by atomic mass is 16.5. The van der Waals surface area contributed by atoms with Crippen LogP contribution in [0, 0.1) is 0 Å². The Hall–Kier alpha value is -3.23. The van der Waals surface area contributed by atoms with Gasteiger partial charge in [-0.25, -0.2) is 0 Å². The number of anilines is 1. The highest BCUT2D eigenvalue weighted by Gasteiger charge is 2.18. The lowest BCUT2D eigenvalue weighted by atomic mass is 10.2. The van der Waals surface area contributed by atoms with Crippen molar-refractivity contribution in [3.63, 3.8) is 0 Å². The zero-order valence-electron chi connectivity index (χ0n) is 13.7. The third kappa shape index (κ3) is 3.21. The fraction of sp³-hybridized carbons (Fsp3) is 0.312. The average Bonchev–Trinajstić information content (AvgIpc) is 3.10. The van der Waals surface area contributed by atoms with E-state index in [0.29, 0.717) is 17.3 Å². The first-order chi connectivity index (χ1) is 12.2. The molecule has 0 unspecified atom stereocenters. The van der Waals surface area contributed by atoms with Gasteiger partial charge in [-0.3, -0.25) is 4.79 Å². The molecule has 1 aliphatic rings. The summed E-state index contributed by atoms with van der Waals surface area (Å²) in [5.41, 5.74) is 1.67. The van der Waals surface area contributed by atoms with Gasteiger partial charge in [-0.15, -0.1) is 14.8 Å². The molecule has 0 radical (unpaired) electrons. The number of ether oxygens (including phenoxy) is 1. The molecule has 3 heterocycles. The molecule has 1 fully saturated rings. The summed E-state index contributed by atoms with van der Waals surface area (Å²) in [6.45, 7) is 4.78. The summed E-state index contributed by atoms with van der Waals surface area (Å²) in [5, 5.41) is 15.3. The first-order valence-electron chi connectivity index (χ1n) is 8.03. The van der Waals surface area contributed by atoms with Crippen molar-refractivity contribution in [2.45, 2.75) is 6.92 Å². The van der Waals surface area contributed by atoms with E-state index in [1.807, 2.05) is 29.2 Å². The van der Waals surface area contributed by atoms with Crippen LogP contribution in [0.3, 0.4) is 0 Å². The zero-order chi connectivity index (χ0) is 17.2. The lowest BCUT2D eigenvalue weighted by Gasteiger charge is -2.35. The summed E-state index contributed by atoms with van der Waals surface area (Å²) in [5.74, 6) is 1.24. The number of carbonyl (C=O) groups excluding carboxylic acids is 1. The number of hydrogen-bond acceptors (Lipinski definition) is 7. The summed E-state index contributed by atoms with van der Waals surface area (Å²) in [7, 11) is 0. The number of nitrogens with zero attached hydrogens (tertiary/aromatic N) is 7. The number of carbonyl (C=O) groups is 1. The second kappa shape index (κ2) is 6.34. The highest BCUT2D eigenvalue weighted by molar-refractivity contribution is 5.73. The SMILES string of the molecule is CC(=O)N1CCN(c2ccc(Oc3ccc4nnnn4n3)cc2)CC1. The zero-order valence-corrected chi connectivity index (χ0v) is 13.7. The highest BCUT2D eigenvalue weighted by Crippen LogP contribution is 2.24. The molecule has 0 bridgehead atoms. The second-order valence-corrected chi connectivity index (χ2v) is 5.79. The molecule has 0 atom stereocenters. The molecule has 0 saturated carbocycles. The number of amides is 1. The van der Waals surface area contributed by atoms with E-state index < -0.39 is 0 Å². The normalized spacial score (nSPS) is 14.8. The van der Waals surface area contributed by atoms with Crippen LogP contribution in [0.5, 0.6) is 11.6 Å². The summed E-state index contributed by atoms with van der Waals surface area (Å²) in [6.07, 6.45) is 0. The number of fused-ring (bicyclic) bond motifs is 1. The van der Waals surface area contributed by atoms with Crippen LogP contribution in [-0.4, -0.2) is 62.2 Å². The molecular formula is C16H17N7O2. The van der Waals surface area contributed by atoms with Crippen molar-refractivity contribution in [3.8, 4) is 11.6 Å². The first-order valence-corrected chi connectivity index (χ1v) is 8.03. The molecule has 25 heavy (non-hydrogen) atoms. The molecule has 1 saturated heterocycles. The molecule has 0 N–H and O–H groups in total. The topological polar surface area (TPSA) is 88.8 Å². The molecule has 9 nitrogen and oxygen atoms in total. The van der Waals surface area contributed by atoms with Gasteiger partial charge < -0.3 is 14.5 Å². The Bertz CT molecular complexity index is 885. The summed E-state index contributed by atoms with van der Waals surface area (Å²) >= 11 is 0. The van der Waals surface area contributed by atoms with Crippen molar-refractivity contribution in [2.75, 3.05) is 31.1 Å². The van der Waals surface area contributed by atoms with E-state index >= 15 is 0 Å². The van der Waals surface area contributed by atoms with E-state index in [4.69, 9.17) is 4.74 Å². The van der Waals surface area contributed by atoms with E-state index in [1.54, 1.807) is 19.1 Å². The van der Waals surface area contributed by atoms with Crippen LogP contribution in [0.25, 0.3) is 5.65 Å². The molecule has 1 aromatic carbocycles. The van der Waals surface area contributed by atoms with Gasteiger partial charge in [-0.1, -0.05) is 0 Å². The average molecular weight is 339 g/mol. The molecule has 1 amide bonds. The van der Waals surface area contributed by atoms with Gasteiger partial charge in [0.2, 0.25) is 11.8 Å². The van der Waals surface area contributed by atoms with E-state index in [-0.39, 0.29) is 5.91 Å². The van der Waals surface area contributed by atoms with Crippen LogP contribution >= 0.6 is 0 Å². The van der Waals surface area contributed by atoms with Crippen molar-refractivity contribution >= 4 is 17.2 Å². The van der Waals surface area contributed by atoms with E-state index in [1.165, 1.54) is 4.63 Å². The fourth-order valence-corrected chi connectivity index (χ4v) is 2.81.